The molecule has 0 aromatic heterocycles. The number of hydrogen-bond donors (Lipinski definition) is 1. The summed E-state index contributed by atoms with van der Waals surface area (Å²) >= 11 is 0. The molecule has 0 amide bonds. The number of carbonyl (C=O) groups excluding carboxylic acids is 1. The molecule has 0 aromatic carbocycles. The molecule has 2 unspecified atom stereocenters. The van der Waals surface area contributed by atoms with Gasteiger partial charge in [-0.2, -0.15) is 0 Å². The molecule has 1 rings (SSSR count). The number of esters is 1. The van der Waals surface area contributed by atoms with E-state index in [-0.39, 0.29) is 5.97 Å². The van der Waals surface area contributed by atoms with Gasteiger partial charge in [0.05, 0.1) is 6.61 Å². The summed E-state index contributed by atoms with van der Waals surface area (Å²) < 4.78 is 5.31. The Bertz CT molecular complexity index is 279. The number of rotatable bonds is 7. The third-order valence-electron chi connectivity index (χ3n) is 4.11. The van der Waals surface area contributed by atoms with Crippen molar-refractivity contribution >= 4 is 5.97 Å². The average molecular weight is 270 g/mol. The van der Waals surface area contributed by atoms with E-state index in [1.165, 1.54) is 6.42 Å². The van der Waals surface area contributed by atoms with Crippen molar-refractivity contribution in [3.05, 3.63) is 0 Å². The van der Waals surface area contributed by atoms with Crippen LogP contribution in [0.15, 0.2) is 0 Å². The van der Waals surface area contributed by atoms with E-state index in [9.17, 15) is 4.79 Å². The lowest BCUT2D eigenvalue weighted by molar-refractivity contribution is -0.153. The molecule has 0 radical (unpaired) electrons. The topological polar surface area (TPSA) is 41.6 Å². The van der Waals surface area contributed by atoms with Gasteiger partial charge in [-0.15, -0.1) is 0 Å². The SMILES string of the molecule is CCCN(C)C1CCCC(NCC)(C(=O)OCC)C1. The van der Waals surface area contributed by atoms with E-state index in [4.69, 9.17) is 4.74 Å². The van der Waals surface area contributed by atoms with Crippen LogP contribution in [0.3, 0.4) is 0 Å². The van der Waals surface area contributed by atoms with Crippen molar-refractivity contribution in [2.24, 2.45) is 0 Å². The normalized spacial score (nSPS) is 27.5. The van der Waals surface area contributed by atoms with E-state index >= 15 is 0 Å². The molecule has 1 aliphatic carbocycles. The molecule has 0 aromatic rings. The van der Waals surface area contributed by atoms with Crippen LogP contribution in [-0.4, -0.2) is 49.2 Å². The Labute approximate surface area is 117 Å². The Morgan fingerprint density at radius 3 is 2.74 bits per heavy atom. The molecule has 2 atom stereocenters. The number of nitrogens with zero attached hydrogens (tertiary/aromatic N) is 1. The van der Waals surface area contributed by atoms with Crippen molar-refractivity contribution in [2.75, 3.05) is 26.7 Å². The zero-order chi connectivity index (χ0) is 14.3. The lowest BCUT2D eigenvalue weighted by Crippen LogP contribution is -2.58. The van der Waals surface area contributed by atoms with Crippen LogP contribution in [0.2, 0.25) is 0 Å². The monoisotopic (exact) mass is 270 g/mol. The van der Waals surface area contributed by atoms with Gasteiger partial charge in [-0.3, -0.25) is 4.79 Å². The quantitative estimate of drug-likeness (QED) is 0.720. The third kappa shape index (κ3) is 4.18. The van der Waals surface area contributed by atoms with Gasteiger partial charge in [0.1, 0.15) is 5.54 Å². The van der Waals surface area contributed by atoms with Gasteiger partial charge in [0.25, 0.3) is 0 Å². The van der Waals surface area contributed by atoms with Crippen molar-refractivity contribution in [3.8, 4) is 0 Å². The molecule has 1 fully saturated rings. The molecule has 4 nitrogen and oxygen atoms in total. The highest BCUT2D eigenvalue weighted by molar-refractivity contribution is 5.81. The molecule has 0 saturated heterocycles. The lowest BCUT2D eigenvalue weighted by atomic mass is 9.78. The van der Waals surface area contributed by atoms with Gasteiger partial charge < -0.3 is 15.0 Å². The summed E-state index contributed by atoms with van der Waals surface area (Å²) in [5, 5.41) is 3.41. The van der Waals surface area contributed by atoms with E-state index in [1.54, 1.807) is 0 Å². The van der Waals surface area contributed by atoms with Gasteiger partial charge in [0.2, 0.25) is 0 Å². The van der Waals surface area contributed by atoms with Crippen molar-refractivity contribution in [2.45, 2.75) is 64.5 Å². The molecule has 0 aliphatic heterocycles. The maximum absolute atomic E-state index is 12.3. The molecule has 1 N–H and O–H groups in total. The van der Waals surface area contributed by atoms with Gasteiger partial charge in [-0.1, -0.05) is 13.8 Å². The van der Waals surface area contributed by atoms with E-state index in [0.29, 0.717) is 12.6 Å². The summed E-state index contributed by atoms with van der Waals surface area (Å²) in [6.45, 7) is 8.49. The first-order chi connectivity index (χ1) is 9.09. The molecular weight excluding hydrogens is 240 g/mol. The average Bonchev–Trinajstić information content (AvgIpc) is 2.40. The Hall–Kier alpha value is -0.610. The number of hydrogen-bond acceptors (Lipinski definition) is 4. The third-order valence-corrected chi connectivity index (χ3v) is 4.11. The molecule has 0 bridgehead atoms. The second kappa shape index (κ2) is 7.85. The highest BCUT2D eigenvalue weighted by Gasteiger charge is 2.44. The summed E-state index contributed by atoms with van der Waals surface area (Å²) in [7, 11) is 2.17. The summed E-state index contributed by atoms with van der Waals surface area (Å²) in [6.07, 6.45) is 5.19. The fraction of sp³-hybridized carbons (Fsp3) is 0.933. The van der Waals surface area contributed by atoms with Gasteiger partial charge in [0.15, 0.2) is 0 Å². The van der Waals surface area contributed by atoms with Crippen molar-refractivity contribution in [1.29, 1.82) is 0 Å². The van der Waals surface area contributed by atoms with Crippen LogP contribution >= 0.6 is 0 Å². The van der Waals surface area contributed by atoms with Crippen LogP contribution in [0.4, 0.5) is 0 Å². The molecule has 1 saturated carbocycles. The Kier molecular flexibility index (Phi) is 6.80. The first-order valence-electron chi connectivity index (χ1n) is 7.72. The van der Waals surface area contributed by atoms with Crippen molar-refractivity contribution in [1.82, 2.24) is 10.2 Å². The number of nitrogens with one attached hydrogen (secondary N) is 1. The molecule has 1 aliphatic rings. The minimum Gasteiger partial charge on any atom is -0.465 e. The molecule has 0 heterocycles. The molecular formula is C15H30N2O2. The molecule has 112 valence electrons. The standard InChI is InChI=1S/C15H30N2O2/c1-5-11-17(4)13-9-8-10-15(12-13,16-6-2)14(18)19-7-3/h13,16H,5-12H2,1-4H3. The predicted octanol–water partition coefficient (Wildman–Crippen LogP) is 2.18. The van der Waals surface area contributed by atoms with Gasteiger partial charge in [0, 0.05) is 6.04 Å². The van der Waals surface area contributed by atoms with Gasteiger partial charge in [-0.25, -0.2) is 0 Å². The van der Waals surface area contributed by atoms with E-state index < -0.39 is 5.54 Å². The second-order valence-corrected chi connectivity index (χ2v) is 5.56. The summed E-state index contributed by atoms with van der Waals surface area (Å²) in [5.74, 6) is -0.0635. The number of carbonyl (C=O) groups is 1. The van der Waals surface area contributed by atoms with Crippen LogP contribution < -0.4 is 5.32 Å². The van der Waals surface area contributed by atoms with E-state index in [1.807, 2.05) is 6.92 Å². The summed E-state index contributed by atoms with van der Waals surface area (Å²) in [4.78, 5) is 14.7. The highest BCUT2D eigenvalue weighted by Crippen LogP contribution is 2.32. The zero-order valence-corrected chi connectivity index (χ0v) is 13.0. The molecule has 4 heteroatoms. The van der Waals surface area contributed by atoms with Gasteiger partial charge >= 0.3 is 5.97 Å². The smallest absolute Gasteiger partial charge is 0.326 e. The van der Waals surface area contributed by atoms with E-state index in [0.717, 1.165) is 38.8 Å². The lowest BCUT2D eigenvalue weighted by Gasteiger charge is -2.42. The van der Waals surface area contributed by atoms with Crippen LogP contribution in [0.5, 0.6) is 0 Å². The Balaban J connectivity index is 2.77. The first kappa shape index (κ1) is 16.4. The minimum absolute atomic E-state index is 0.0635. The maximum atomic E-state index is 12.3. The zero-order valence-electron chi connectivity index (χ0n) is 13.0. The van der Waals surface area contributed by atoms with Crippen LogP contribution in [0.1, 0.15) is 52.9 Å². The highest BCUT2D eigenvalue weighted by atomic mass is 16.5. The van der Waals surface area contributed by atoms with E-state index in [2.05, 4.69) is 31.1 Å². The summed E-state index contributed by atoms with van der Waals surface area (Å²) in [6, 6.07) is 0.483. The van der Waals surface area contributed by atoms with Crippen molar-refractivity contribution < 1.29 is 9.53 Å². The fourth-order valence-corrected chi connectivity index (χ4v) is 3.18. The number of likely N-dealkylation sites (N-methyl/N-ethyl adjacent to an activating group) is 1. The van der Waals surface area contributed by atoms with Crippen LogP contribution in [0.25, 0.3) is 0 Å². The Morgan fingerprint density at radius 1 is 1.42 bits per heavy atom. The predicted molar refractivity (Wildman–Crippen MR) is 78.2 cm³/mol. The number of ether oxygens (including phenoxy) is 1. The second-order valence-electron chi connectivity index (χ2n) is 5.56. The molecule has 0 spiro atoms. The maximum Gasteiger partial charge on any atom is 0.326 e. The van der Waals surface area contributed by atoms with Crippen LogP contribution in [-0.2, 0) is 9.53 Å². The molecule has 19 heavy (non-hydrogen) atoms. The fourth-order valence-electron chi connectivity index (χ4n) is 3.18. The Morgan fingerprint density at radius 2 is 2.16 bits per heavy atom. The summed E-state index contributed by atoms with van der Waals surface area (Å²) in [5.41, 5.74) is -0.463. The van der Waals surface area contributed by atoms with Crippen molar-refractivity contribution in [3.63, 3.8) is 0 Å². The largest absolute Gasteiger partial charge is 0.465 e. The van der Waals surface area contributed by atoms with Crippen LogP contribution in [0, 0.1) is 0 Å². The first-order valence-corrected chi connectivity index (χ1v) is 7.72. The minimum atomic E-state index is -0.463. The van der Waals surface area contributed by atoms with Gasteiger partial charge in [-0.05, 0) is 59.2 Å².